The van der Waals surface area contributed by atoms with Gasteiger partial charge in [-0.25, -0.2) is 4.79 Å². The van der Waals surface area contributed by atoms with Crippen LogP contribution in [0.2, 0.25) is 0 Å². The Morgan fingerprint density at radius 2 is 1.88 bits per heavy atom. The molecule has 1 N–H and O–H groups in total. The normalized spacial score (nSPS) is 12.5. The molecule has 0 bridgehead atoms. The molecular formula is C12H15BrNNaO2. The Hall–Kier alpha value is -0.160. The molecular weight excluding hydrogens is 293 g/mol. The van der Waals surface area contributed by atoms with E-state index in [0.717, 1.165) is 10.0 Å². The van der Waals surface area contributed by atoms with Crippen LogP contribution in [0.15, 0.2) is 33.7 Å². The minimum atomic E-state index is -0.886. The fourth-order valence-electron chi connectivity index (χ4n) is 1.24. The van der Waals surface area contributed by atoms with Gasteiger partial charge in [0.05, 0.1) is 0 Å². The van der Waals surface area contributed by atoms with Crippen molar-refractivity contribution in [1.29, 1.82) is 0 Å². The van der Waals surface area contributed by atoms with E-state index in [-0.39, 0.29) is 35.5 Å². The molecule has 0 heterocycles. The maximum absolute atomic E-state index is 10.9. The second kappa shape index (κ2) is 8.03. The number of hydrogen-bond acceptors (Lipinski definition) is 2. The summed E-state index contributed by atoms with van der Waals surface area (Å²) in [5, 5.41) is 8.94. The van der Waals surface area contributed by atoms with E-state index in [2.05, 4.69) is 20.9 Å². The molecule has 1 aromatic rings. The van der Waals surface area contributed by atoms with E-state index < -0.39 is 12.0 Å². The van der Waals surface area contributed by atoms with Gasteiger partial charge in [-0.05, 0) is 23.6 Å². The van der Waals surface area contributed by atoms with Gasteiger partial charge in [-0.1, -0.05) is 41.9 Å². The van der Waals surface area contributed by atoms with Crippen molar-refractivity contribution in [3.63, 3.8) is 0 Å². The second-order valence-corrected chi connectivity index (χ2v) is 4.77. The number of carboxylic acid groups (broad SMARTS) is 1. The Morgan fingerprint density at radius 3 is 2.29 bits per heavy atom. The van der Waals surface area contributed by atoms with Crippen LogP contribution in [-0.4, -0.2) is 52.9 Å². The van der Waals surface area contributed by atoms with Crippen molar-refractivity contribution in [2.45, 2.75) is 19.9 Å². The van der Waals surface area contributed by atoms with Gasteiger partial charge in [0.25, 0.3) is 0 Å². The summed E-state index contributed by atoms with van der Waals surface area (Å²) in [5.74, 6) is -0.896. The summed E-state index contributed by atoms with van der Waals surface area (Å²) in [6.07, 6.45) is 1.60. The molecule has 1 unspecified atom stereocenters. The SMILES string of the molecule is CC(C)C(/N=C/c1ccc(Br)cc1)C(=O)O.[NaH]. The van der Waals surface area contributed by atoms with Gasteiger partial charge >= 0.3 is 35.5 Å². The number of hydrogen-bond donors (Lipinski definition) is 1. The fraction of sp³-hybridized carbons (Fsp3) is 0.333. The van der Waals surface area contributed by atoms with Gasteiger partial charge in [-0.3, -0.25) is 4.99 Å². The topological polar surface area (TPSA) is 49.7 Å². The van der Waals surface area contributed by atoms with Crippen molar-refractivity contribution in [1.82, 2.24) is 0 Å². The summed E-state index contributed by atoms with van der Waals surface area (Å²) in [5.41, 5.74) is 0.898. The van der Waals surface area contributed by atoms with Crippen LogP contribution in [0, 0.1) is 5.92 Å². The fourth-order valence-corrected chi connectivity index (χ4v) is 1.50. The number of nitrogens with zero attached hydrogens (tertiary/aromatic N) is 1. The van der Waals surface area contributed by atoms with E-state index in [1.165, 1.54) is 0 Å². The van der Waals surface area contributed by atoms with Crippen molar-refractivity contribution < 1.29 is 9.90 Å². The number of aliphatic imine (C=N–C) groups is 1. The molecule has 3 nitrogen and oxygen atoms in total. The number of benzene rings is 1. The molecule has 0 aliphatic heterocycles. The van der Waals surface area contributed by atoms with Crippen LogP contribution in [0.25, 0.3) is 0 Å². The maximum atomic E-state index is 10.9. The van der Waals surface area contributed by atoms with E-state index in [0.29, 0.717) is 0 Å². The van der Waals surface area contributed by atoms with E-state index in [1.54, 1.807) is 6.21 Å². The van der Waals surface area contributed by atoms with Crippen molar-refractivity contribution in [3.8, 4) is 0 Å². The van der Waals surface area contributed by atoms with Gasteiger partial charge in [0.1, 0.15) is 6.04 Å². The van der Waals surface area contributed by atoms with Gasteiger partial charge in [0, 0.05) is 10.7 Å². The molecule has 88 valence electrons. The van der Waals surface area contributed by atoms with E-state index in [4.69, 9.17) is 5.11 Å². The minimum absolute atomic E-state index is 0. The third kappa shape index (κ3) is 5.82. The first-order valence-electron chi connectivity index (χ1n) is 5.02. The van der Waals surface area contributed by atoms with Crippen LogP contribution in [0.3, 0.4) is 0 Å². The zero-order chi connectivity index (χ0) is 12.1. The monoisotopic (exact) mass is 307 g/mol. The molecule has 0 saturated carbocycles. The number of rotatable bonds is 4. The Bertz CT molecular complexity index is 390. The third-order valence-electron chi connectivity index (χ3n) is 2.14. The summed E-state index contributed by atoms with van der Waals surface area (Å²) >= 11 is 3.33. The van der Waals surface area contributed by atoms with Crippen LogP contribution in [0.5, 0.6) is 0 Å². The molecule has 0 amide bonds. The number of carbonyl (C=O) groups is 1. The first-order chi connectivity index (χ1) is 7.50. The molecule has 1 rings (SSSR count). The first kappa shape index (κ1) is 16.8. The molecule has 0 aliphatic carbocycles. The Balaban J connectivity index is 0.00000256. The predicted molar refractivity (Wildman–Crippen MR) is 75.1 cm³/mol. The third-order valence-corrected chi connectivity index (χ3v) is 2.67. The zero-order valence-electron chi connectivity index (χ0n) is 9.22. The van der Waals surface area contributed by atoms with Crippen molar-refractivity contribution >= 4 is 57.7 Å². The molecule has 0 aromatic heterocycles. The molecule has 0 radical (unpaired) electrons. The molecule has 1 aromatic carbocycles. The summed E-state index contributed by atoms with van der Waals surface area (Å²) in [6.45, 7) is 3.69. The molecule has 0 fully saturated rings. The number of halogens is 1. The van der Waals surface area contributed by atoms with Crippen LogP contribution in [0.1, 0.15) is 19.4 Å². The van der Waals surface area contributed by atoms with Gasteiger partial charge in [-0.2, -0.15) is 0 Å². The molecule has 1 atom stereocenters. The average molecular weight is 308 g/mol. The van der Waals surface area contributed by atoms with Crippen molar-refractivity contribution in [2.24, 2.45) is 10.9 Å². The summed E-state index contributed by atoms with van der Waals surface area (Å²) in [6, 6.07) is 6.88. The van der Waals surface area contributed by atoms with Crippen LogP contribution in [-0.2, 0) is 4.79 Å². The molecule has 5 heteroatoms. The molecule has 0 spiro atoms. The number of aliphatic carboxylic acids is 1. The van der Waals surface area contributed by atoms with Crippen LogP contribution >= 0.6 is 15.9 Å². The summed E-state index contributed by atoms with van der Waals surface area (Å²) < 4.78 is 0.989. The standard InChI is InChI=1S/C12H14BrNO2.Na.H/c1-8(2)11(12(15)16)14-7-9-3-5-10(13)6-4-9;;/h3-8,11H,1-2H3,(H,15,16);;/b14-7+;;. The van der Waals surface area contributed by atoms with Crippen molar-refractivity contribution in [3.05, 3.63) is 34.3 Å². The van der Waals surface area contributed by atoms with E-state index in [9.17, 15) is 4.79 Å². The average Bonchev–Trinajstić information content (AvgIpc) is 2.20. The van der Waals surface area contributed by atoms with E-state index in [1.807, 2.05) is 38.1 Å². The van der Waals surface area contributed by atoms with E-state index >= 15 is 0 Å². The van der Waals surface area contributed by atoms with Crippen molar-refractivity contribution in [2.75, 3.05) is 0 Å². The van der Waals surface area contributed by atoms with Crippen LogP contribution in [0.4, 0.5) is 0 Å². The quantitative estimate of drug-likeness (QED) is 0.685. The molecule has 0 saturated heterocycles. The first-order valence-corrected chi connectivity index (χ1v) is 5.81. The summed E-state index contributed by atoms with van der Waals surface area (Å²) in [7, 11) is 0. The van der Waals surface area contributed by atoms with Gasteiger partial charge in [0.15, 0.2) is 0 Å². The molecule has 17 heavy (non-hydrogen) atoms. The molecule has 0 aliphatic rings. The van der Waals surface area contributed by atoms with Gasteiger partial charge in [-0.15, -0.1) is 0 Å². The zero-order valence-corrected chi connectivity index (χ0v) is 10.8. The van der Waals surface area contributed by atoms with Gasteiger partial charge in [0.2, 0.25) is 0 Å². The Morgan fingerprint density at radius 1 is 1.35 bits per heavy atom. The Labute approximate surface area is 132 Å². The second-order valence-electron chi connectivity index (χ2n) is 3.86. The van der Waals surface area contributed by atoms with Crippen LogP contribution < -0.4 is 0 Å². The predicted octanol–water partition coefficient (Wildman–Crippen LogP) is 2.33. The van der Waals surface area contributed by atoms with Gasteiger partial charge < -0.3 is 5.11 Å². The summed E-state index contributed by atoms with van der Waals surface area (Å²) in [4.78, 5) is 15.0. The Kier molecular flexibility index (Phi) is 7.96. The number of carboxylic acids is 1.